The number of benzene rings is 2. The summed E-state index contributed by atoms with van der Waals surface area (Å²) in [4.78, 5) is 38.2. The molecular weight excluding hydrogens is 549 g/mol. The van der Waals surface area contributed by atoms with Crippen LogP contribution in [0.25, 0.3) is 0 Å². The third-order valence-electron chi connectivity index (χ3n) is 6.84. The molecule has 0 radical (unpaired) electrons. The molecule has 2 aromatic carbocycles. The number of carboxylic acid groups (broad SMARTS) is 2. The number of rotatable bonds is 9. The summed E-state index contributed by atoms with van der Waals surface area (Å²) >= 11 is 13.0. The lowest BCUT2D eigenvalue weighted by Crippen LogP contribution is -2.38. The summed E-state index contributed by atoms with van der Waals surface area (Å²) in [5.74, 6) is -6.46. The van der Waals surface area contributed by atoms with Crippen molar-refractivity contribution in [2.24, 2.45) is 5.92 Å². The Labute approximate surface area is 235 Å². The summed E-state index contributed by atoms with van der Waals surface area (Å²) in [6.07, 6.45) is -0.621. The first-order valence-corrected chi connectivity index (χ1v) is 12.9. The molecule has 2 aliphatic rings. The zero-order chi connectivity index (χ0) is 28.3. The fraction of sp³-hybridized carbons (Fsp3) is 0.321. The van der Waals surface area contributed by atoms with Crippen LogP contribution in [-0.4, -0.2) is 54.7 Å². The van der Waals surface area contributed by atoms with E-state index in [1.807, 2.05) is 30.3 Å². The van der Waals surface area contributed by atoms with Gasteiger partial charge in [-0.3, -0.25) is 4.79 Å². The fourth-order valence-corrected chi connectivity index (χ4v) is 5.65. The lowest BCUT2D eigenvalue weighted by Gasteiger charge is -2.35. The van der Waals surface area contributed by atoms with Crippen molar-refractivity contribution in [1.29, 1.82) is 0 Å². The van der Waals surface area contributed by atoms with Gasteiger partial charge in [-0.1, -0.05) is 59.6 Å². The minimum Gasteiger partial charge on any atom is -0.478 e. The minimum atomic E-state index is -1.44. The third kappa shape index (κ3) is 5.81. The highest BCUT2D eigenvalue weighted by atomic mass is 35.5. The molecule has 0 bridgehead atoms. The van der Waals surface area contributed by atoms with Gasteiger partial charge in [-0.15, -0.1) is 0 Å². The van der Waals surface area contributed by atoms with Gasteiger partial charge < -0.3 is 29.7 Å². The van der Waals surface area contributed by atoms with Crippen molar-refractivity contribution in [3.63, 3.8) is 0 Å². The van der Waals surface area contributed by atoms with Gasteiger partial charge in [-0.25, -0.2) is 9.59 Å². The van der Waals surface area contributed by atoms with E-state index in [1.165, 1.54) is 26.2 Å². The largest absolute Gasteiger partial charge is 0.478 e. The highest BCUT2D eigenvalue weighted by molar-refractivity contribution is 6.36. The van der Waals surface area contributed by atoms with Gasteiger partial charge in [0, 0.05) is 32.9 Å². The van der Waals surface area contributed by atoms with Crippen LogP contribution >= 0.6 is 23.2 Å². The lowest BCUT2D eigenvalue weighted by molar-refractivity contribution is -0.143. The number of allylic oxidation sites excluding steroid dienone is 1. The number of hydrogen-bond acceptors (Lipinski definition) is 7. The Kier molecular flexibility index (Phi) is 8.97. The average Bonchev–Trinajstić information content (AvgIpc) is 3.45. The number of esters is 1. The molecule has 0 aromatic heterocycles. The summed E-state index contributed by atoms with van der Waals surface area (Å²) in [6, 6.07) is 13.9. The molecule has 1 fully saturated rings. The first-order valence-electron chi connectivity index (χ1n) is 12.2. The zero-order valence-electron chi connectivity index (χ0n) is 21.1. The summed E-state index contributed by atoms with van der Waals surface area (Å²) in [7, 11) is 1.19. The highest BCUT2D eigenvalue weighted by Gasteiger charge is 2.44. The van der Waals surface area contributed by atoms with Crippen LogP contribution in [0.1, 0.15) is 36.3 Å². The van der Waals surface area contributed by atoms with Gasteiger partial charge in [0.05, 0.1) is 43.3 Å². The Morgan fingerprint density at radius 1 is 0.974 bits per heavy atom. The van der Waals surface area contributed by atoms with Crippen LogP contribution in [-0.2, 0) is 28.6 Å². The standard InChI is InChI=1S/C28H27Cl2NO8/c1-14(27(36)37-2)24-23(26(34)35)22(20-17(29)9-6-10-18(20)30)21(25(32)33)19(31-24)13-16(28-38-11-12-39-28)15-7-4-3-5-8-15/h3-10,14,16,22,28,31H,11-13H2,1-2H3,(H,32,33)(H,34,35). The van der Waals surface area contributed by atoms with Crippen LogP contribution in [0.2, 0.25) is 10.0 Å². The van der Waals surface area contributed by atoms with Crippen molar-refractivity contribution in [1.82, 2.24) is 5.32 Å². The number of dihydropyridines is 1. The topological polar surface area (TPSA) is 131 Å². The molecule has 206 valence electrons. The molecule has 0 saturated carbocycles. The number of aliphatic carboxylic acids is 2. The van der Waals surface area contributed by atoms with E-state index in [4.69, 9.17) is 37.4 Å². The molecule has 0 aliphatic carbocycles. The highest BCUT2D eigenvalue weighted by Crippen LogP contribution is 2.47. The van der Waals surface area contributed by atoms with Gasteiger partial charge in [0.15, 0.2) is 6.29 Å². The number of carboxylic acids is 2. The average molecular weight is 576 g/mol. The number of nitrogens with one attached hydrogen (secondary N) is 1. The summed E-state index contributed by atoms with van der Waals surface area (Å²) < 4.78 is 16.5. The van der Waals surface area contributed by atoms with E-state index in [1.54, 1.807) is 6.07 Å². The van der Waals surface area contributed by atoms with Gasteiger partial charge in [-0.2, -0.15) is 0 Å². The molecule has 2 heterocycles. The second-order valence-electron chi connectivity index (χ2n) is 9.10. The predicted octanol–water partition coefficient (Wildman–Crippen LogP) is 4.71. The van der Waals surface area contributed by atoms with E-state index in [0.717, 1.165) is 5.56 Å². The Balaban J connectivity index is 1.97. The molecule has 11 heteroatoms. The normalized spacial score (nSPS) is 19.4. The van der Waals surface area contributed by atoms with E-state index < -0.39 is 42.0 Å². The van der Waals surface area contributed by atoms with Crippen molar-refractivity contribution >= 4 is 41.1 Å². The molecule has 3 unspecified atom stereocenters. The second-order valence-corrected chi connectivity index (χ2v) is 9.91. The second kappa shape index (κ2) is 12.2. The SMILES string of the molecule is COC(=O)C(C)C1=C(C(=O)O)C(c2c(Cl)cccc2Cl)C(C(=O)O)=C(CC(c2ccccc2)C2OCCO2)N1. The Hall–Kier alpha value is -3.37. The van der Waals surface area contributed by atoms with E-state index in [2.05, 4.69) is 5.32 Å². The molecule has 39 heavy (non-hydrogen) atoms. The molecule has 0 amide bonds. The monoisotopic (exact) mass is 575 g/mol. The number of hydrogen-bond donors (Lipinski definition) is 3. The lowest BCUT2D eigenvalue weighted by atomic mass is 9.76. The number of ether oxygens (including phenoxy) is 3. The summed E-state index contributed by atoms with van der Waals surface area (Å²) in [5, 5.41) is 24.0. The predicted molar refractivity (Wildman–Crippen MR) is 142 cm³/mol. The Bertz CT molecular complexity index is 1310. The Morgan fingerprint density at radius 2 is 1.56 bits per heavy atom. The summed E-state index contributed by atoms with van der Waals surface area (Å²) in [6.45, 7) is 2.22. The van der Waals surface area contributed by atoms with Crippen LogP contribution in [0.4, 0.5) is 0 Å². The van der Waals surface area contributed by atoms with Crippen molar-refractivity contribution in [2.45, 2.75) is 31.5 Å². The number of carbonyl (C=O) groups is 3. The number of methoxy groups -OCH3 is 1. The zero-order valence-corrected chi connectivity index (χ0v) is 22.7. The first-order chi connectivity index (χ1) is 18.6. The number of carbonyl (C=O) groups excluding carboxylic acids is 1. The van der Waals surface area contributed by atoms with Gasteiger partial charge >= 0.3 is 17.9 Å². The number of halogens is 2. The fourth-order valence-electron chi connectivity index (χ4n) is 5.04. The summed E-state index contributed by atoms with van der Waals surface area (Å²) in [5.41, 5.74) is 0.457. The molecule has 0 spiro atoms. The maximum atomic E-state index is 12.9. The third-order valence-corrected chi connectivity index (χ3v) is 7.50. The van der Waals surface area contributed by atoms with Crippen molar-refractivity contribution in [3.8, 4) is 0 Å². The smallest absolute Gasteiger partial charge is 0.334 e. The maximum Gasteiger partial charge on any atom is 0.334 e. The van der Waals surface area contributed by atoms with E-state index in [0.29, 0.717) is 13.2 Å². The van der Waals surface area contributed by atoms with Crippen molar-refractivity contribution in [3.05, 3.63) is 92.2 Å². The van der Waals surface area contributed by atoms with Crippen LogP contribution in [0.3, 0.4) is 0 Å². The molecule has 1 saturated heterocycles. The van der Waals surface area contributed by atoms with Gasteiger partial charge in [-0.05, 0) is 31.0 Å². The molecule has 3 atom stereocenters. The molecule has 4 rings (SSSR count). The molecule has 2 aliphatic heterocycles. The maximum absolute atomic E-state index is 12.9. The quantitative estimate of drug-likeness (QED) is 0.363. The molecule has 3 N–H and O–H groups in total. The van der Waals surface area contributed by atoms with Crippen molar-refractivity contribution < 1.29 is 38.8 Å². The van der Waals surface area contributed by atoms with E-state index in [9.17, 15) is 24.6 Å². The van der Waals surface area contributed by atoms with Crippen LogP contribution in [0.15, 0.2) is 71.1 Å². The van der Waals surface area contributed by atoms with Gasteiger partial charge in [0.25, 0.3) is 0 Å². The van der Waals surface area contributed by atoms with Crippen LogP contribution in [0.5, 0.6) is 0 Å². The minimum absolute atomic E-state index is 0.0181. The van der Waals surface area contributed by atoms with Crippen LogP contribution in [0, 0.1) is 5.92 Å². The molecule has 9 nitrogen and oxygen atoms in total. The van der Waals surface area contributed by atoms with Gasteiger partial charge in [0.1, 0.15) is 0 Å². The molecule has 2 aromatic rings. The van der Waals surface area contributed by atoms with E-state index in [-0.39, 0.29) is 44.6 Å². The Morgan fingerprint density at radius 3 is 2.10 bits per heavy atom. The first kappa shape index (κ1) is 28.6. The van der Waals surface area contributed by atoms with Crippen LogP contribution < -0.4 is 5.32 Å². The molecular formula is C28H27Cl2NO8. The van der Waals surface area contributed by atoms with Gasteiger partial charge in [0.2, 0.25) is 0 Å². The van der Waals surface area contributed by atoms with E-state index >= 15 is 0 Å². The van der Waals surface area contributed by atoms with Crippen molar-refractivity contribution in [2.75, 3.05) is 20.3 Å².